The van der Waals surface area contributed by atoms with Gasteiger partial charge >= 0.3 is 12.0 Å². The summed E-state index contributed by atoms with van der Waals surface area (Å²) in [4.78, 5) is 25.2. The summed E-state index contributed by atoms with van der Waals surface area (Å²) >= 11 is 1.50. The number of ether oxygens (including phenoxy) is 1. The van der Waals surface area contributed by atoms with Gasteiger partial charge in [0.2, 0.25) is 0 Å². The fraction of sp³-hybridized carbons (Fsp3) is 0.556. The van der Waals surface area contributed by atoms with Crippen molar-refractivity contribution in [3.05, 3.63) is 29.8 Å². The van der Waals surface area contributed by atoms with E-state index in [4.69, 9.17) is 0 Å². The van der Waals surface area contributed by atoms with Gasteiger partial charge in [-0.1, -0.05) is 25.0 Å². The molecule has 0 heterocycles. The van der Waals surface area contributed by atoms with E-state index in [9.17, 15) is 9.59 Å². The third-order valence-electron chi connectivity index (χ3n) is 4.25. The van der Waals surface area contributed by atoms with Gasteiger partial charge in [0.15, 0.2) is 0 Å². The number of hydrogen-bond acceptors (Lipinski definition) is 4. The number of benzene rings is 1. The fourth-order valence-electron chi connectivity index (χ4n) is 2.93. The Labute approximate surface area is 148 Å². The van der Waals surface area contributed by atoms with E-state index in [0.29, 0.717) is 17.4 Å². The Bertz CT molecular complexity index is 559. The van der Waals surface area contributed by atoms with Gasteiger partial charge in [-0.3, -0.25) is 4.79 Å². The summed E-state index contributed by atoms with van der Waals surface area (Å²) in [6, 6.07) is 7.67. The summed E-state index contributed by atoms with van der Waals surface area (Å²) in [7, 11) is 3.24. The minimum atomic E-state index is -0.224. The van der Waals surface area contributed by atoms with Gasteiger partial charge in [0, 0.05) is 25.0 Å². The molecule has 24 heavy (non-hydrogen) atoms. The number of carbonyl (C=O) groups is 2. The third-order valence-corrected chi connectivity index (χ3v) is 5.23. The minimum Gasteiger partial charge on any atom is -0.468 e. The van der Waals surface area contributed by atoms with E-state index in [1.54, 1.807) is 4.90 Å². The Balaban J connectivity index is 1.81. The Morgan fingerprint density at radius 2 is 2.08 bits per heavy atom. The van der Waals surface area contributed by atoms with Crippen LogP contribution in [0.1, 0.15) is 31.2 Å². The maximum atomic E-state index is 12.3. The second kappa shape index (κ2) is 9.57. The zero-order valence-corrected chi connectivity index (χ0v) is 15.2. The summed E-state index contributed by atoms with van der Waals surface area (Å²) in [5.41, 5.74) is 1.86. The number of esters is 1. The van der Waals surface area contributed by atoms with Crippen LogP contribution in [0, 0.1) is 5.92 Å². The van der Waals surface area contributed by atoms with Gasteiger partial charge in [0.05, 0.1) is 12.9 Å². The number of methoxy groups -OCH3 is 1. The molecule has 0 saturated heterocycles. The largest absolute Gasteiger partial charge is 0.468 e. The molecule has 132 valence electrons. The zero-order chi connectivity index (χ0) is 17.4. The molecule has 2 amide bonds. The third kappa shape index (κ3) is 6.07. The molecular weight excluding hydrogens is 324 g/mol. The smallest absolute Gasteiger partial charge is 0.321 e. The number of rotatable bonds is 7. The fourth-order valence-corrected chi connectivity index (χ4v) is 3.73. The second-order valence-corrected chi connectivity index (χ2v) is 7.22. The molecule has 5 nitrogen and oxygen atoms in total. The normalized spacial score (nSPS) is 14.4. The van der Waals surface area contributed by atoms with Crippen LogP contribution >= 0.6 is 11.8 Å². The number of amides is 2. The van der Waals surface area contributed by atoms with E-state index in [-0.39, 0.29) is 12.0 Å². The first-order valence-corrected chi connectivity index (χ1v) is 9.49. The van der Waals surface area contributed by atoms with Crippen molar-refractivity contribution in [2.75, 3.05) is 31.8 Å². The van der Waals surface area contributed by atoms with Gasteiger partial charge in [0.1, 0.15) is 0 Å². The Morgan fingerprint density at radius 1 is 1.33 bits per heavy atom. The number of anilines is 1. The van der Waals surface area contributed by atoms with Crippen LogP contribution in [0.3, 0.4) is 0 Å². The molecule has 1 N–H and O–H groups in total. The number of hydrogen-bond donors (Lipinski definition) is 1. The van der Waals surface area contributed by atoms with Crippen LogP contribution in [0.2, 0.25) is 0 Å². The highest BCUT2D eigenvalue weighted by Gasteiger charge is 2.19. The zero-order valence-electron chi connectivity index (χ0n) is 14.4. The van der Waals surface area contributed by atoms with Crippen molar-refractivity contribution in [2.24, 2.45) is 5.92 Å². The molecule has 0 aromatic heterocycles. The molecule has 0 aliphatic heterocycles. The minimum absolute atomic E-state index is 0.0683. The van der Waals surface area contributed by atoms with Crippen LogP contribution in [0.15, 0.2) is 24.3 Å². The van der Waals surface area contributed by atoms with Gasteiger partial charge in [0.25, 0.3) is 0 Å². The molecule has 1 aliphatic carbocycles. The number of carbonyl (C=O) groups excluding carboxylic acids is 2. The molecule has 1 aromatic carbocycles. The maximum absolute atomic E-state index is 12.3. The Morgan fingerprint density at radius 3 is 2.79 bits per heavy atom. The summed E-state index contributed by atoms with van der Waals surface area (Å²) in [5, 5.41) is 2.95. The first kappa shape index (κ1) is 18.6. The molecule has 0 radical (unpaired) electrons. The average Bonchev–Trinajstić information content (AvgIpc) is 3.08. The van der Waals surface area contributed by atoms with E-state index in [1.807, 2.05) is 31.3 Å². The number of urea groups is 1. The van der Waals surface area contributed by atoms with Crippen molar-refractivity contribution in [1.29, 1.82) is 0 Å². The van der Waals surface area contributed by atoms with Crippen LogP contribution in [-0.2, 0) is 15.3 Å². The first-order valence-electron chi connectivity index (χ1n) is 8.34. The van der Waals surface area contributed by atoms with E-state index in [2.05, 4.69) is 10.1 Å². The molecule has 1 aliphatic rings. The molecule has 0 atom stereocenters. The highest BCUT2D eigenvalue weighted by Crippen LogP contribution is 2.25. The van der Waals surface area contributed by atoms with E-state index < -0.39 is 0 Å². The maximum Gasteiger partial charge on any atom is 0.321 e. The molecule has 6 heteroatoms. The monoisotopic (exact) mass is 350 g/mol. The van der Waals surface area contributed by atoms with Crippen LogP contribution < -0.4 is 5.32 Å². The van der Waals surface area contributed by atoms with Gasteiger partial charge < -0.3 is 15.0 Å². The first-order chi connectivity index (χ1) is 11.6. The summed E-state index contributed by atoms with van der Waals surface area (Å²) in [6.07, 6.45) is 5.02. The highest BCUT2D eigenvalue weighted by atomic mass is 32.2. The predicted octanol–water partition coefficient (Wildman–Crippen LogP) is 3.75. The molecule has 0 spiro atoms. The highest BCUT2D eigenvalue weighted by molar-refractivity contribution is 7.99. The molecule has 2 rings (SSSR count). The topological polar surface area (TPSA) is 58.6 Å². The van der Waals surface area contributed by atoms with E-state index >= 15 is 0 Å². The summed E-state index contributed by atoms with van der Waals surface area (Å²) < 4.78 is 4.62. The van der Waals surface area contributed by atoms with Crippen molar-refractivity contribution in [3.63, 3.8) is 0 Å². The van der Waals surface area contributed by atoms with Crippen molar-refractivity contribution in [1.82, 2.24) is 4.90 Å². The standard InChI is InChI=1S/C18H26N2O3S/c1-20(11-14-6-3-4-7-14)18(22)19-16-9-5-8-15(10-16)12-24-13-17(21)23-2/h5,8-10,14H,3-4,6-7,11-13H2,1-2H3,(H,19,22). The molecule has 1 fully saturated rings. The molecule has 0 unspecified atom stereocenters. The van der Waals surface area contributed by atoms with E-state index in [1.165, 1.54) is 44.6 Å². The quantitative estimate of drug-likeness (QED) is 0.761. The lowest BCUT2D eigenvalue weighted by Gasteiger charge is -2.21. The molecule has 1 aromatic rings. The number of nitrogens with zero attached hydrogens (tertiary/aromatic N) is 1. The lowest BCUT2D eigenvalue weighted by atomic mass is 10.1. The summed E-state index contributed by atoms with van der Waals surface area (Å²) in [5.74, 6) is 1.45. The van der Waals surface area contributed by atoms with Crippen LogP contribution in [0.25, 0.3) is 0 Å². The number of nitrogens with one attached hydrogen (secondary N) is 1. The lowest BCUT2D eigenvalue weighted by Crippen LogP contribution is -2.34. The van der Waals surface area contributed by atoms with Crippen molar-refractivity contribution in [3.8, 4) is 0 Å². The van der Waals surface area contributed by atoms with Crippen LogP contribution in [0.5, 0.6) is 0 Å². The lowest BCUT2D eigenvalue weighted by molar-refractivity contribution is -0.137. The molecule has 1 saturated carbocycles. The number of thioether (sulfide) groups is 1. The predicted molar refractivity (Wildman–Crippen MR) is 98.2 cm³/mol. The van der Waals surface area contributed by atoms with Crippen LogP contribution in [-0.4, -0.2) is 43.4 Å². The molecule has 0 bridgehead atoms. The van der Waals surface area contributed by atoms with Gasteiger partial charge in [-0.25, -0.2) is 4.79 Å². The van der Waals surface area contributed by atoms with Crippen molar-refractivity contribution >= 4 is 29.4 Å². The Kier molecular flexibility index (Phi) is 7.43. The van der Waals surface area contributed by atoms with Gasteiger partial charge in [-0.05, 0) is 36.5 Å². The van der Waals surface area contributed by atoms with Gasteiger partial charge in [-0.2, -0.15) is 0 Å². The van der Waals surface area contributed by atoms with E-state index in [0.717, 1.165) is 17.8 Å². The Hall–Kier alpha value is -1.69. The van der Waals surface area contributed by atoms with Gasteiger partial charge in [-0.15, -0.1) is 11.8 Å². The average molecular weight is 350 g/mol. The summed E-state index contributed by atoms with van der Waals surface area (Å²) in [6.45, 7) is 0.820. The SMILES string of the molecule is COC(=O)CSCc1cccc(NC(=O)N(C)CC2CCCC2)c1. The van der Waals surface area contributed by atoms with Crippen molar-refractivity contribution < 1.29 is 14.3 Å². The van der Waals surface area contributed by atoms with Crippen LogP contribution in [0.4, 0.5) is 10.5 Å². The second-order valence-electron chi connectivity index (χ2n) is 6.23. The van der Waals surface area contributed by atoms with Crippen molar-refractivity contribution in [2.45, 2.75) is 31.4 Å². The molecular formula is C18H26N2O3S.